The first kappa shape index (κ1) is 20.0. The summed E-state index contributed by atoms with van der Waals surface area (Å²) in [6, 6.07) is 3.19. The molecule has 0 saturated heterocycles. The van der Waals surface area contributed by atoms with Crippen molar-refractivity contribution in [2.45, 2.75) is 11.8 Å². The molecule has 1 aromatic rings. The van der Waals surface area contributed by atoms with Crippen LogP contribution < -0.4 is 4.74 Å². The zero-order valence-corrected chi connectivity index (χ0v) is 16.1. The summed E-state index contributed by atoms with van der Waals surface area (Å²) in [4.78, 5) is 13.5. The maximum atomic E-state index is 11.7. The quantitative estimate of drug-likeness (QED) is 0.774. The summed E-state index contributed by atoms with van der Waals surface area (Å²) in [5.74, 6) is 0.221. The Labute approximate surface area is 143 Å². The number of ether oxygens (including phenoxy) is 1. The Hall–Kier alpha value is -1.00. The zero-order chi connectivity index (χ0) is 18.0. The highest BCUT2D eigenvalue weighted by atomic mass is 35.5. The zero-order valence-electron chi connectivity index (χ0n) is 13.7. The van der Waals surface area contributed by atoms with Crippen LogP contribution in [0.1, 0.15) is 5.56 Å². The average Bonchev–Trinajstić information content (AvgIpc) is 2.41. The van der Waals surface area contributed by atoms with E-state index in [1.807, 2.05) is 0 Å². The Kier molecular flexibility index (Phi) is 6.33. The second-order valence-electron chi connectivity index (χ2n) is 5.19. The van der Waals surface area contributed by atoms with Gasteiger partial charge in [-0.2, -0.15) is 12.0 Å². The van der Waals surface area contributed by atoms with Crippen molar-refractivity contribution in [3.8, 4) is 5.75 Å². The number of hydrogen-bond acceptors (Lipinski definition) is 6. The summed E-state index contributed by atoms with van der Waals surface area (Å²) >= 11 is 6.18. The summed E-state index contributed by atoms with van der Waals surface area (Å²) in [5.41, 5.74) is 0.585. The summed E-state index contributed by atoms with van der Waals surface area (Å²) in [7, 11) is -2.15. The van der Waals surface area contributed by atoms with Crippen molar-refractivity contribution < 1.29 is 25.8 Å². The molecule has 0 aliphatic heterocycles. The number of amides is 1. The maximum Gasteiger partial charge on any atom is 0.414 e. The molecule has 0 fully saturated rings. The number of carbonyl (C=O) groups excluding carboxylic acids is 1. The Bertz CT molecular complexity index is 679. The van der Waals surface area contributed by atoms with Crippen LogP contribution in [0.4, 0.5) is 4.79 Å². The van der Waals surface area contributed by atoms with E-state index >= 15 is 0 Å². The molecular formula is C13H20ClNO6S2. The number of aryl methyl sites for hydroxylation is 1. The van der Waals surface area contributed by atoms with Gasteiger partial charge in [0.2, 0.25) is 0 Å². The molecule has 0 spiro atoms. The van der Waals surface area contributed by atoms with E-state index in [0.717, 1.165) is 7.11 Å². The molecule has 0 aliphatic carbocycles. The van der Waals surface area contributed by atoms with E-state index in [4.69, 9.17) is 20.0 Å². The van der Waals surface area contributed by atoms with Crippen molar-refractivity contribution >= 4 is 38.4 Å². The highest BCUT2D eigenvalue weighted by molar-refractivity contribution is 8.31. The van der Waals surface area contributed by atoms with Gasteiger partial charge in [-0.25, -0.2) is 4.79 Å². The van der Waals surface area contributed by atoms with Crippen LogP contribution in [0.5, 0.6) is 5.75 Å². The van der Waals surface area contributed by atoms with Gasteiger partial charge in [-0.05, 0) is 37.1 Å². The molecule has 0 aromatic heterocycles. The van der Waals surface area contributed by atoms with Gasteiger partial charge in [-0.3, -0.25) is 4.18 Å². The lowest BCUT2D eigenvalue weighted by molar-refractivity contribution is 0.171. The fourth-order valence-electron chi connectivity index (χ4n) is 1.57. The summed E-state index contributed by atoms with van der Waals surface area (Å²) in [5, 5.41) is 0.189. The first-order valence-electron chi connectivity index (χ1n) is 6.34. The van der Waals surface area contributed by atoms with Crippen LogP contribution in [0, 0.1) is 6.92 Å². The molecular weight excluding hydrogens is 366 g/mol. The van der Waals surface area contributed by atoms with E-state index < -0.39 is 26.8 Å². The predicted octanol–water partition coefficient (Wildman–Crippen LogP) is 2.95. The first-order chi connectivity index (χ1) is 10.4. The molecule has 23 heavy (non-hydrogen) atoms. The molecule has 0 atom stereocenters. The van der Waals surface area contributed by atoms with Gasteiger partial charge in [0.25, 0.3) is 0 Å². The van der Waals surface area contributed by atoms with Crippen molar-refractivity contribution in [3.05, 3.63) is 22.7 Å². The normalized spacial score (nSPS) is 12.8. The van der Waals surface area contributed by atoms with Gasteiger partial charge < -0.3 is 9.64 Å². The Balaban J connectivity index is 3.20. The molecule has 132 valence electrons. The van der Waals surface area contributed by atoms with Gasteiger partial charge in [0.1, 0.15) is 0 Å². The Morgan fingerprint density at radius 2 is 1.78 bits per heavy atom. The van der Waals surface area contributed by atoms with E-state index in [1.54, 1.807) is 39.6 Å². The highest BCUT2D eigenvalue weighted by Crippen LogP contribution is 2.53. The van der Waals surface area contributed by atoms with Crippen LogP contribution in [0.25, 0.3) is 0 Å². The number of carbonyl (C=O) groups is 1. The maximum absolute atomic E-state index is 11.7. The van der Waals surface area contributed by atoms with Crippen LogP contribution in [-0.4, -0.2) is 53.1 Å². The molecule has 1 rings (SSSR count). The fourth-order valence-corrected chi connectivity index (χ4v) is 5.00. The number of hydrogen-bond donors (Lipinski definition) is 0. The third-order valence-electron chi connectivity index (χ3n) is 2.78. The van der Waals surface area contributed by atoms with Crippen LogP contribution in [-0.2, 0) is 18.2 Å². The van der Waals surface area contributed by atoms with Gasteiger partial charge >= 0.3 is 16.5 Å². The third-order valence-corrected chi connectivity index (χ3v) is 6.87. The van der Waals surface area contributed by atoms with Crippen molar-refractivity contribution in [3.63, 3.8) is 0 Å². The first-order valence-corrected chi connectivity index (χ1v) is 10.4. The third kappa shape index (κ3) is 5.25. The van der Waals surface area contributed by atoms with Gasteiger partial charge in [0.15, 0.2) is 5.75 Å². The van der Waals surface area contributed by atoms with Crippen LogP contribution >= 0.6 is 21.9 Å². The van der Waals surface area contributed by atoms with Crippen LogP contribution in [0.15, 0.2) is 17.0 Å². The lowest BCUT2D eigenvalue weighted by atomic mass is 10.2. The van der Waals surface area contributed by atoms with Crippen LogP contribution in [0.2, 0.25) is 5.02 Å². The topological polar surface area (TPSA) is 82.1 Å². The largest absolute Gasteiger partial charge is 0.414 e. The summed E-state index contributed by atoms with van der Waals surface area (Å²) in [6.45, 7) is 1.70. The van der Waals surface area contributed by atoms with Crippen LogP contribution in [0.3, 0.4) is 0 Å². The molecule has 0 unspecified atom stereocenters. The second kappa shape index (κ2) is 7.27. The van der Waals surface area contributed by atoms with Crippen molar-refractivity contribution in [1.82, 2.24) is 4.90 Å². The summed E-state index contributed by atoms with van der Waals surface area (Å²) < 4.78 is 37.6. The Morgan fingerprint density at radius 3 is 2.22 bits per heavy atom. The molecule has 0 radical (unpaired) electrons. The minimum absolute atomic E-state index is 0.189. The number of halogens is 1. The molecule has 0 N–H and O–H groups in total. The fraction of sp³-hybridized carbons (Fsp3) is 0.462. The van der Waals surface area contributed by atoms with E-state index in [1.165, 1.54) is 11.0 Å². The monoisotopic (exact) mass is 385 g/mol. The molecule has 1 aromatic carbocycles. The van der Waals surface area contributed by atoms with Crippen molar-refractivity contribution in [2.24, 2.45) is 0 Å². The lowest BCUT2D eigenvalue weighted by Crippen LogP contribution is -2.25. The van der Waals surface area contributed by atoms with Crippen molar-refractivity contribution in [2.75, 3.05) is 33.7 Å². The minimum Gasteiger partial charge on any atom is -0.408 e. The minimum atomic E-state index is -4.09. The lowest BCUT2D eigenvalue weighted by Gasteiger charge is -2.30. The molecule has 0 saturated carbocycles. The van der Waals surface area contributed by atoms with Gasteiger partial charge in [0, 0.05) is 19.0 Å². The smallest absolute Gasteiger partial charge is 0.408 e. The number of benzene rings is 1. The molecule has 0 aliphatic rings. The predicted molar refractivity (Wildman–Crippen MR) is 90.6 cm³/mol. The SMILES string of the molecule is COS(=O)(=O)OS(C)(C)c1cc(C)c(OC(=O)N(C)C)c(Cl)c1. The molecule has 0 heterocycles. The molecule has 0 bridgehead atoms. The highest BCUT2D eigenvalue weighted by Gasteiger charge is 2.26. The van der Waals surface area contributed by atoms with Gasteiger partial charge in [-0.1, -0.05) is 21.9 Å². The summed E-state index contributed by atoms with van der Waals surface area (Å²) in [6.07, 6.45) is 2.72. The van der Waals surface area contributed by atoms with E-state index in [2.05, 4.69) is 4.18 Å². The van der Waals surface area contributed by atoms with E-state index in [-0.39, 0.29) is 10.8 Å². The molecule has 1 amide bonds. The average molecular weight is 386 g/mol. The van der Waals surface area contributed by atoms with Gasteiger partial charge in [0.05, 0.1) is 12.1 Å². The number of nitrogens with zero attached hydrogens (tertiary/aromatic N) is 1. The molecule has 7 nitrogen and oxygen atoms in total. The van der Waals surface area contributed by atoms with E-state index in [0.29, 0.717) is 10.5 Å². The van der Waals surface area contributed by atoms with Crippen molar-refractivity contribution in [1.29, 1.82) is 0 Å². The standard InChI is InChI=1S/C13H20ClNO6S2/c1-9-7-10(22(5,6)21-23(17,18)19-4)8-11(14)12(9)20-13(16)15(2)3/h7-8H,1-6H3. The Morgan fingerprint density at radius 1 is 1.22 bits per heavy atom. The van der Waals surface area contributed by atoms with E-state index in [9.17, 15) is 13.2 Å². The second-order valence-corrected chi connectivity index (χ2v) is 10.2. The number of rotatable bonds is 5. The molecule has 10 heteroatoms. The van der Waals surface area contributed by atoms with Gasteiger partial charge in [-0.15, -0.1) is 0 Å².